The number of rotatable bonds is 4. The summed E-state index contributed by atoms with van der Waals surface area (Å²) in [5.74, 6) is 0. The number of fused-ring (bicyclic) bond motifs is 1. The molecule has 0 fully saturated rings. The number of halogens is 1. The van der Waals surface area contributed by atoms with Crippen LogP contribution in [0, 0.1) is 0 Å². The highest BCUT2D eigenvalue weighted by atomic mass is 35.5. The van der Waals surface area contributed by atoms with Crippen LogP contribution in [0.15, 0.2) is 12.1 Å². The van der Waals surface area contributed by atoms with E-state index in [2.05, 4.69) is 10.6 Å². The van der Waals surface area contributed by atoms with Crippen molar-refractivity contribution < 1.29 is 15.3 Å². The van der Waals surface area contributed by atoms with E-state index in [1.165, 1.54) is 0 Å². The maximum absolute atomic E-state index is 9.59. The molecule has 0 aromatic heterocycles. The highest BCUT2D eigenvalue weighted by molar-refractivity contribution is 6.31. The molecule has 18 heavy (non-hydrogen) atoms. The Kier molecular flexibility index (Phi) is 4.29. The fourth-order valence-corrected chi connectivity index (χ4v) is 2.28. The lowest BCUT2D eigenvalue weighted by Gasteiger charge is -2.31. The van der Waals surface area contributed by atoms with Crippen molar-refractivity contribution in [2.45, 2.75) is 31.7 Å². The zero-order chi connectivity index (χ0) is 13.1. The van der Waals surface area contributed by atoms with Crippen LogP contribution in [-0.2, 0) is 6.42 Å². The van der Waals surface area contributed by atoms with Gasteiger partial charge < -0.3 is 26.0 Å². The maximum atomic E-state index is 9.59. The number of aliphatic hydroxyl groups excluding tert-OH is 3. The van der Waals surface area contributed by atoms with Crippen LogP contribution in [0.25, 0.3) is 0 Å². The molecule has 2 unspecified atom stereocenters. The molecule has 1 heterocycles. The van der Waals surface area contributed by atoms with Crippen molar-refractivity contribution in [3.63, 3.8) is 0 Å². The lowest BCUT2D eigenvalue weighted by molar-refractivity contribution is 0.0527. The SMILES string of the molecule is OCCCCc1cc(Cl)cc2c1NC(O)C(O)N2. The predicted molar refractivity (Wildman–Crippen MR) is 70.7 cm³/mol. The highest BCUT2D eigenvalue weighted by Crippen LogP contribution is 2.35. The maximum Gasteiger partial charge on any atom is 0.169 e. The van der Waals surface area contributed by atoms with Gasteiger partial charge in [-0.05, 0) is 37.0 Å². The van der Waals surface area contributed by atoms with Crippen LogP contribution in [0.4, 0.5) is 11.4 Å². The van der Waals surface area contributed by atoms with Crippen LogP contribution in [0.5, 0.6) is 0 Å². The summed E-state index contributed by atoms with van der Waals surface area (Å²) in [5.41, 5.74) is 2.40. The Balaban J connectivity index is 2.24. The zero-order valence-electron chi connectivity index (χ0n) is 9.86. The van der Waals surface area contributed by atoms with Crippen molar-refractivity contribution in [2.24, 2.45) is 0 Å². The van der Waals surface area contributed by atoms with Gasteiger partial charge in [0, 0.05) is 11.6 Å². The van der Waals surface area contributed by atoms with E-state index in [4.69, 9.17) is 16.7 Å². The third-order valence-corrected chi connectivity index (χ3v) is 3.15. The molecular weight excluding hydrogens is 256 g/mol. The Morgan fingerprint density at radius 1 is 1.11 bits per heavy atom. The van der Waals surface area contributed by atoms with Gasteiger partial charge in [-0.2, -0.15) is 0 Å². The molecule has 0 saturated heterocycles. The Labute approximate surface area is 110 Å². The Morgan fingerprint density at radius 2 is 1.83 bits per heavy atom. The predicted octanol–water partition coefficient (Wildman–Crippen LogP) is 1.13. The van der Waals surface area contributed by atoms with Gasteiger partial charge in [0.2, 0.25) is 0 Å². The van der Waals surface area contributed by atoms with Crippen LogP contribution < -0.4 is 10.6 Å². The molecule has 0 spiro atoms. The molecule has 2 rings (SSSR count). The molecule has 1 aliphatic heterocycles. The second kappa shape index (κ2) is 5.75. The minimum atomic E-state index is -1.05. The van der Waals surface area contributed by atoms with Gasteiger partial charge in [0.05, 0.1) is 11.4 Å². The molecular formula is C12H17ClN2O3. The standard InChI is InChI=1S/C12H17ClN2O3/c13-8-5-7(3-1-2-4-16)10-9(6-8)14-11(17)12(18)15-10/h5-6,11-12,14-18H,1-4H2. The van der Waals surface area contributed by atoms with Crippen molar-refractivity contribution in [3.05, 3.63) is 22.7 Å². The number of anilines is 2. The normalized spacial score (nSPS) is 22.0. The molecule has 0 radical (unpaired) electrons. The van der Waals surface area contributed by atoms with Crippen molar-refractivity contribution in [1.82, 2.24) is 0 Å². The summed E-state index contributed by atoms with van der Waals surface area (Å²) in [6, 6.07) is 3.53. The van der Waals surface area contributed by atoms with Gasteiger partial charge in [-0.3, -0.25) is 0 Å². The van der Waals surface area contributed by atoms with Crippen molar-refractivity contribution >= 4 is 23.0 Å². The summed E-state index contributed by atoms with van der Waals surface area (Å²) in [7, 11) is 0. The molecule has 0 saturated carbocycles. The van der Waals surface area contributed by atoms with Gasteiger partial charge in [-0.1, -0.05) is 11.6 Å². The summed E-state index contributed by atoms with van der Waals surface area (Å²) in [5, 5.41) is 34.1. The minimum Gasteiger partial charge on any atom is -0.396 e. The molecule has 100 valence electrons. The number of nitrogens with one attached hydrogen (secondary N) is 2. The van der Waals surface area contributed by atoms with E-state index < -0.39 is 12.5 Å². The Hall–Kier alpha value is -1.01. The molecule has 5 N–H and O–H groups in total. The topological polar surface area (TPSA) is 84.8 Å². The molecule has 1 aromatic carbocycles. The molecule has 1 aliphatic rings. The largest absolute Gasteiger partial charge is 0.396 e. The number of hydrogen-bond donors (Lipinski definition) is 5. The van der Waals surface area contributed by atoms with Crippen LogP contribution in [-0.4, -0.2) is 34.4 Å². The Bertz CT molecular complexity index is 428. The van der Waals surface area contributed by atoms with E-state index in [0.29, 0.717) is 10.7 Å². The zero-order valence-corrected chi connectivity index (χ0v) is 10.6. The highest BCUT2D eigenvalue weighted by Gasteiger charge is 2.25. The van der Waals surface area contributed by atoms with Crippen molar-refractivity contribution in [2.75, 3.05) is 17.2 Å². The van der Waals surface area contributed by atoms with Crippen LogP contribution in [0.1, 0.15) is 18.4 Å². The third kappa shape index (κ3) is 2.87. The Morgan fingerprint density at radius 3 is 2.56 bits per heavy atom. The second-order valence-corrected chi connectivity index (χ2v) is 4.78. The first-order chi connectivity index (χ1) is 8.61. The fourth-order valence-electron chi connectivity index (χ4n) is 2.04. The van der Waals surface area contributed by atoms with E-state index >= 15 is 0 Å². The van der Waals surface area contributed by atoms with Crippen LogP contribution >= 0.6 is 11.6 Å². The van der Waals surface area contributed by atoms with Gasteiger partial charge >= 0.3 is 0 Å². The molecule has 5 nitrogen and oxygen atoms in total. The second-order valence-electron chi connectivity index (χ2n) is 4.35. The van der Waals surface area contributed by atoms with Crippen molar-refractivity contribution in [1.29, 1.82) is 0 Å². The first kappa shape index (κ1) is 13.4. The lowest BCUT2D eigenvalue weighted by atomic mass is 10.0. The van der Waals surface area contributed by atoms with Gasteiger partial charge in [0.25, 0.3) is 0 Å². The lowest BCUT2D eigenvalue weighted by Crippen LogP contribution is -2.43. The molecule has 0 amide bonds. The molecule has 1 aromatic rings. The average molecular weight is 273 g/mol. The van der Waals surface area contributed by atoms with Crippen molar-refractivity contribution in [3.8, 4) is 0 Å². The van der Waals surface area contributed by atoms with Gasteiger partial charge in [0.1, 0.15) is 0 Å². The quantitative estimate of drug-likeness (QED) is 0.531. The first-order valence-corrected chi connectivity index (χ1v) is 6.32. The number of benzene rings is 1. The fraction of sp³-hybridized carbons (Fsp3) is 0.500. The molecule has 2 atom stereocenters. The third-order valence-electron chi connectivity index (χ3n) is 2.93. The van der Waals surface area contributed by atoms with E-state index in [-0.39, 0.29) is 6.61 Å². The van der Waals surface area contributed by atoms with Crippen LogP contribution in [0.3, 0.4) is 0 Å². The first-order valence-electron chi connectivity index (χ1n) is 5.94. The monoisotopic (exact) mass is 272 g/mol. The van der Waals surface area contributed by atoms with Crippen LogP contribution in [0.2, 0.25) is 5.02 Å². The number of hydrogen-bond acceptors (Lipinski definition) is 5. The summed E-state index contributed by atoms with van der Waals surface area (Å²) >= 11 is 6.02. The van der Waals surface area contributed by atoms with E-state index in [0.717, 1.165) is 30.5 Å². The summed E-state index contributed by atoms with van der Waals surface area (Å²) in [6.07, 6.45) is 0.210. The van der Waals surface area contributed by atoms with Gasteiger partial charge in [-0.15, -0.1) is 0 Å². The number of aliphatic hydroxyl groups is 3. The summed E-state index contributed by atoms with van der Waals surface area (Å²) < 4.78 is 0. The minimum absolute atomic E-state index is 0.162. The average Bonchev–Trinajstić information content (AvgIpc) is 2.32. The molecule has 6 heteroatoms. The van der Waals surface area contributed by atoms with E-state index in [9.17, 15) is 10.2 Å². The van der Waals surface area contributed by atoms with E-state index in [1.54, 1.807) is 6.07 Å². The summed E-state index contributed by atoms with van der Waals surface area (Å²) in [6.45, 7) is 0.162. The number of unbranched alkanes of at least 4 members (excludes halogenated alkanes) is 1. The van der Waals surface area contributed by atoms with E-state index in [1.807, 2.05) is 6.07 Å². The smallest absolute Gasteiger partial charge is 0.169 e. The van der Waals surface area contributed by atoms with Gasteiger partial charge in [0.15, 0.2) is 12.5 Å². The number of aryl methyl sites for hydroxylation is 1. The van der Waals surface area contributed by atoms with Gasteiger partial charge in [-0.25, -0.2) is 0 Å². The molecule has 0 bridgehead atoms. The summed E-state index contributed by atoms with van der Waals surface area (Å²) in [4.78, 5) is 0. The molecule has 0 aliphatic carbocycles.